The second-order valence-corrected chi connectivity index (χ2v) is 5.59. The number of amides is 1. The Labute approximate surface area is 113 Å². The third-order valence-corrected chi connectivity index (χ3v) is 3.97. The minimum absolute atomic E-state index is 0.113. The molecule has 0 bridgehead atoms. The highest BCUT2D eigenvalue weighted by Gasteiger charge is 2.24. The van der Waals surface area contributed by atoms with Crippen LogP contribution in [-0.2, 0) is 9.53 Å². The molecule has 3 rings (SSSR count). The average molecular weight is 283 g/mol. The number of benzene rings is 1. The van der Waals surface area contributed by atoms with E-state index in [-0.39, 0.29) is 12.0 Å². The van der Waals surface area contributed by atoms with Crippen LogP contribution in [0.25, 0.3) is 10.2 Å². The molecule has 6 heteroatoms. The Bertz CT molecular complexity index is 593. The molecule has 1 atom stereocenters. The highest BCUT2D eigenvalue weighted by Crippen LogP contribution is 2.28. The van der Waals surface area contributed by atoms with Crippen molar-refractivity contribution in [1.29, 1.82) is 0 Å². The zero-order valence-electron chi connectivity index (χ0n) is 9.48. The van der Waals surface area contributed by atoms with Crippen LogP contribution < -0.4 is 5.32 Å². The fraction of sp³-hybridized carbons (Fsp3) is 0.333. The Morgan fingerprint density at radius 3 is 3.22 bits per heavy atom. The maximum Gasteiger partial charge on any atom is 0.255 e. The summed E-state index contributed by atoms with van der Waals surface area (Å²) >= 11 is 7.32. The SMILES string of the molecule is O=C(Nc1nc2ccc(Cl)cc2s1)[C@@H]1CCCO1. The van der Waals surface area contributed by atoms with Crippen molar-refractivity contribution in [2.75, 3.05) is 11.9 Å². The first kappa shape index (κ1) is 11.9. The van der Waals surface area contributed by atoms with Crippen LogP contribution in [0.15, 0.2) is 18.2 Å². The topological polar surface area (TPSA) is 51.2 Å². The maximum absolute atomic E-state index is 11.9. The highest BCUT2D eigenvalue weighted by atomic mass is 35.5. The summed E-state index contributed by atoms with van der Waals surface area (Å²) in [4.78, 5) is 16.2. The van der Waals surface area contributed by atoms with E-state index in [4.69, 9.17) is 16.3 Å². The number of rotatable bonds is 2. The summed E-state index contributed by atoms with van der Waals surface area (Å²) in [7, 11) is 0. The van der Waals surface area contributed by atoms with Gasteiger partial charge in [-0.15, -0.1) is 0 Å². The molecule has 1 aromatic carbocycles. The number of carbonyl (C=O) groups is 1. The average Bonchev–Trinajstić information content (AvgIpc) is 2.95. The summed E-state index contributed by atoms with van der Waals surface area (Å²) in [6.07, 6.45) is 1.39. The number of hydrogen-bond donors (Lipinski definition) is 1. The van der Waals surface area contributed by atoms with Gasteiger partial charge in [0.05, 0.1) is 10.2 Å². The number of aromatic nitrogens is 1. The van der Waals surface area contributed by atoms with Crippen molar-refractivity contribution in [1.82, 2.24) is 4.98 Å². The zero-order valence-corrected chi connectivity index (χ0v) is 11.1. The number of nitrogens with zero attached hydrogens (tertiary/aromatic N) is 1. The van der Waals surface area contributed by atoms with Gasteiger partial charge in [0.15, 0.2) is 5.13 Å². The number of halogens is 1. The first-order valence-electron chi connectivity index (χ1n) is 5.71. The zero-order chi connectivity index (χ0) is 12.5. The van der Waals surface area contributed by atoms with Gasteiger partial charge in [0.1, 0.15) is 6.10 Å². The van der Waals surface area contributed by atoms with Gasteiger partial charge in [-0.2, -0.15) is 0 Å². The van der Waals surface area contributed by atoms with Crippen molar-refractivity contribution in [2.45, 2.75) is 18.9 Å². The Hall–Kier alpha value is -1.17. The summed E-state index contributed by atoms with van der Waals surface area (Å²) in [5.74, 6) is -0.113. The summed E-state index contributed by atoms with van der Waals surface area (Å²) in [6, 6.07) is 5.47. The van der Waals surface area contributed by atoms with Crippen molar-refractivity contribution in [3.63, 3.8) is 0 Å². The normalized spacial score (nSPS) is 19.3. The van der Waals surface area contributed by atoms with E-state index < -0.39 is 0 Å². The van der Waals surface area contributed by atoms with Gasteiger partial charge in [-0.25, -0.2) is 4.98 Å². The van der Waals surface area contributed by atoms with Crippen LogP contribution >= 0.6 is 22.9 Å². The molecule has 1 aliphatic rings. The molecule has 4 nitrogen and oxygen atoms in total. The van der Waals surface area contributed by atoms with Gasteiger partial charge < -0.3 is 4.74 Å². The number of anilines is 1. The molecule has 1 aliphatic heterocycles. The molecule has 1 fully saturated rings. The molecule has 0 radical (unpaired) electrons. The summed E-state index contributed by atoms with van der Waals surface area (Å²) in [5, 5.41) is 4.05. The van der Waals surface area contributed by atoms with Crippen LogP contribution in [0.1, 0.15) is 12.8 Å². The number of hydrogen-bond acceptors (Lipinski definition) is 4. The molecule has 1 N–H and O–H groups in total. The molecule has 2 aromatic rings. The Morgan fingerprint density at radius 1 is 1.56 bits per heavy atom. The molecule has 0 aliphatic carbocycles. The molecule has 0 unspecified atom stereocenters. The fourth-order valence-corrected chi connectivity index (χ4v) is 3.07. The summed E-state index contributed by atoms with van der Waals surface area (Å²) < 4.78 is 6.29. The third kappa shape index (κ3) is 2.34. The second kappa shape index (κ2) is 4.84. The predicted molar refractivity (Wildman–Crippen MR) is 72.2 cm³/mol. The van der Waals surface area contributed by atoms with Crippen molar-refractivity contribution >= 4 is 44.2 Å². The van der Waals surface area contributed by atoms with Crippen LogP contribution in [0.5, 0.6) is 0 Å². The molecule has 94 valence electrons. The van der Waals surface area contributed by atoms with E-state index >= 15 is 0 Å². The van der Waals surface area contributed by atoms with Gasteiger partial charge in [0.2, 0.25) is 0 Å². The Morgan fingerprint density at radius 2 is 2.44 bits per heavy atom. The minimum Gasteiger partial charge on any atom is -0.368 e. The number of nitrogens with one attached hydrogen (secondary N) is 1. The Balaban J connectivity index is 1.79. The van der Waals surface area contributed by atoms with Crippen LogP contribution in [0.3, 0.4) is 0 Å². The molecular weight excluding hydrogens is 272 g/mol. The quantitative estimate of drug-likeness (QED) is 0.921. The van der Waals surface area contributed by atoms with E-state index in [2.05, 4.69) is 10.3 Å². The number of carbonyl (C=O) groups excluding carboxylic acids is 1. The lowest BCUT2D eigenvalue weighted by Gasteiger charge is -2.07. The first-order chi connectivity index (χ1) is 8.72. The van der Waals surface area contributed by atoms with Gasteiger partial charge in [-0.1, -0.05) is 22.9 Å². The highest BCUT2D eigenvalue weighted by molar-refractivity contribution is 7.22. The number of ether oxygens (including phenoxy) is 1. The van der Waals surface area contributed by atoms with Gasteiger partial charge in [-0.05, 0) is 31.0 Å². The van der Waals surface area contributed by atoms with Gasteiger partial charge in [0, 0.05) is 11.6 Å². The van der Waals surface area contributed by atoms with Gasteiger partial charge in [-0.3, -0.25) is 10.1 Å². The van der Waals surface area contributed by atoms with Crippen LogP contribution in [0.2, 0.25) is 5.02 Å². The standard InChI is InChI=1S/C12H11ClN2O2S/c13-7-3-4-8-10(6-7)18-12(14-8)15-11(16)9-2-1-5-17-9/h3-4,6,9H,1-2,5H2,(H,14,15,16)/t9-/m0/s1. The van der Waals surface area contributed by atoms with Crippen LogP contribution in [0.4, 0.5) is 5.13 Å². The lowest BCUT2D eigenvalue weighted by atomic mass is 10.2. The second-order valence-electron chi connectivity index (χ2n) is 4.12. The third-order valence-electron chi connectivity index (χ3n) is 2.80. The molecular formula is C12H11ClN2O2S. The van der Waals surface area contributed by atoms with E-state index in [1.54, 1.807) is 6.07 Å². The van der Waals surface area contributed by atoms with E-state index in [0.717, 1.165) is 23.1 Å². The predicted octanol–water partition coefficient (Wildman–Crippen LogP) is 3.07. The van der Waals surface area contributed by atoms with Crippen molar-refractivity contribution in [3.8, 4) is 0 Å². The lowest BCUT2D eigenvalue weighted by Crippen LogP contribution is -2.26. The lowest BCUT2D eigenvalue weighted by molar-refractivity contribution is -0.124. The molecule has 1 aromatic heterocycles. The minimum atomic E-state index is -0.333. The van der Waals surface area contributed by atoms with Gasteiger partial charge in [0.25, 0.3) is 5.91 Å². The van der Waals surface area contributed by atoms with E-state index in [9.17, 15) is 4.79 Å². The number of thiazole rings is 1. The molecule has 0 saturated carbocycles. The smallest absolute Gasteiger partial charge is 0.255 e. The first-order valence-corrected chi connectivity index (χ1v) is 6.90. The Kier molecular flexibility index (Phi) is 3.20. The maximum atomic E-state index is 11.9. The van der Waals surface area contributed by atoms with Crippen LogP contribution in [-0.4, -0.2) is 23.6 Å². The molecule has 18 heavy (non-hydrogen) atoms. The van der Waals surface area contributed by atoms with Crippen LogP contribution in [0, 0.1) is 0 Å². The van der Waals surface area contributed by atoms with Crippen molar-refractivity contribution in [2.24, 2.45) is 0 Å². The van der Waals surface area contributed by atoms with Crippen molar-refractivity contribution in [3.05, 3.63) is 23.2 Å². The van der Waals surface area contributed by atoms with Gasteiger partial charge >= 0.3 is 0 Å². The molecule has 0 spiro atoms. The van der Waals surface area contributed by atoms with E-state index in [1.807, 2.05) is 12.1 Å². The van der Waals surface area contributed by atoms with E-state index in [0.29, 0.717) is 16.8 Å². The summed E-state index contributed by atoms with van der Waals surface area (Å²) in [6.45, 7) is 0.660. The molecule has 1 amide bonds. The van der Waals surface area contributed by atoms with E-state index in [1.165, 1.54) is 11.3 Å². The summed E-state index contributed by atoms with van der Waals surface area (Å²) in [5.41, 5.74) is 0.840. The molecule has 2 heterocycles. The monoisotopic (exact) mass is 282 g/mol. The molecule has 1 saturated heterocycles. The fourth-order valence-electron chi connectivity index (χ4n) is 1.92. The van der Waals surface area contributed by atoms with Crippen molar-refractivity contribution < 1.29 is 9.53 Å². The number of fused-ring (bicyclic) bond motifs is 1. The largest absolute Gasteiger partial charge is 0.368 e.